The lowest BCUT2D eigenvalue weighted by Gasteiger charge is -2.11. The summed E-state index contributed by atoms with van der Waals surface area (Å²) in [5.74, 6) is 0.665. The molecule has 0 aromatic carbocycles. The molecular weight excluding hydrogens is 310 g/mol. The Morgan fingerprint density at radius 3 is 2.89 bits per heavy atom. The van der Waals surface area contributed by atoms with Crippen LogP contribution in [0.25, 0.3) is 0 Å². The van der Waals surface area contributed by atoms with E-state index < -0.39 is 0 Å². The van der Waals surface area contributed by atoms with Crippen molar-refractivity contribution in [1.82, 2.24) is 15.1 Å². The van der Waals surface area contributed by atoms with E-state index in [-0.39, 0.29) is 11.9 Å². The van der Waals surface area contributed by atoms with E-state index in [4.69, 9.17) is 4.42 Å². The number of nitrogens with one attached hydrogen (secondary N) is 1. The second-order valence-corrected chi connectivity index (χ2v) is 5.32. The summed E-state index contributed by atoms with van der Waals surface area (Å²) in [6.07, 6.45) is 2.28. The number of rotatable bonds is 4. The van der Waals surface area contributed by atoms with E-state index in [1.165, 1.54) is 0 Å². The van der Waals surface area contributed by atoms with Crippen LogP contribution in [0, 0.1) is 6.92 Å². The van der Waals surface area contributed by atoms with Crippen molar-refractivity contribution in [3.63, 3.8) is 0 Å². The Labute approximate surface area is 120 Å². The molecule has 0 unspecified atom stereocenters. The molecule has 0 radical (unpaired) electrons. The maximum absolute atomic E-state index is 12.1. The highest BCUT2D eigenvalue weighted by Gasteiger charge is 2.19. The molecule has 2 heterocycles. The van der Waals surface area contributed by atoms with Crippen molar-refractivity contribution < 1.29 is 9.21 Å². The molecule has 0 fully saturated rings. The number of carbonyl (C=O) groups is 1. The first-order valence-electron chi connectivity index (χ1n) is 6.01. The second-order valence-electron chi connectivity index (χ2n) is 4.53. The van der Waals surface area contributed by atoms with Crippen LogP contribution < -0.4 is 5.32 Å². The zero-order valence-electron chi connectivity index (χ0n) is 11.1. The van der Waals surface area contributed by atoms with Gasteiger partial charge < -0.3 is 9.73 Å². The number of aryl methyl sites for hydroxylation is 1. The van der Waals surface area contributed by atoms with Crippen LogP contribution in [0.4, 0.5) is 0 Å². The molecule has 2 aromatic rings. The van der Waals surface area contributed by atoms with Crippen molar-refractivity contribution in [1.29, 1.82) is 0 Å². The fourth-order valence-corrected chi connectivity index (χ4v) is 2.32. The Hall–Kier alpha value is -1.56. The first-order valence-corrected chi connectivity index (χ1v) is 6.80. The van der Waals surface area contributed by atoms with Gasteiger partial charge in [0.1, 0.15) is 5.76 Å². The lowest BCUT2D eigenvalue weighted by atomic mass is 10.2. The van der Waals surface area contributed by atoms with E-state index in [1.807, 2.05) is 33.0 Å². The molecule has 6 heteroatoms. The topological polar surface area (TPSA) is 60.1 Å². The number of aromatic nitrogens is 2. The third-order valence-electron chi connectivity index (χ3n) is 2.94. The van der Waals surface area contributed by atoms with Crippen LogP contribution in [0.2, 0.25) is 0 Å². The Morgan fingerprint density at radius 1 is 1.63 bits per heavy atom. The molecule has 0 aliphatic heterocycles. The Morgan fingerprint density at radius 2 is 2.37 bits per heavy atom. The van der Waals surface area contributed by atoms with Gasteiger partial charge >= 0.3 is 0 Å². The zero-order chi connectivity index (χ0) is 14.0. The Kier molecular flexibility index (Phi) is 4.09. The van der Waals surface area contributed by atoms with Crippen molar-refractivity contribution in [3.8, 4) is 0 Å². The molecule has 0 spiro atoms. The van der Waals surface area contributed by atoms with Crippen molar-refractivity contribution >= 4 is 21.8 Å². The van der Waals surface area contributed by atoms with Gasteiger partial charge in [-0.2, -0.15) is 5.10 Å². The van der Waals surface area contributed by atoms with Gasteiger partial charge in [-0.3, -0.25) is 9.48 Å². The summed E-state index contributed by atoms with van der Waals surface area (Å²) < 4.78 is 7.67. The van der Waals surface area contributed by atoms with Crippen molar-refractivity contribution in [3.05, 3.63) is 40.0 Å². The van der Waals surface area contributed by atoms with E-state index in [0.29, 0.717) is 12.1 Å². The molecule has 1 N–H and O–H groups in total. The Balaban J connectivity index is 2.02. The van der Waals surface area contributed by atoms with Gasteiger partial charge in [-0.05, 0) is 41.9 Å². The summed E-state index contributed by atoms with van der Waals surface area (Å²) in [7, 11) is 1.81. The van der Waals surface area contributed by atoms with Gasteiger partial charge in [0.2, 0.25) is 0 Å². The van der Waals surface area contributed by atoms with E-state index in [9.17, 15) is 4.79 Å². The molecule has 5 nitrogen and oxygen atoms in total. The summed E-state index contributed by atoms with van der Waals surface area (Å²) >= 11 is 3.39. The fraction of sp³-hybridized carbons (Fsp3) is 0.385. The van der Waals surface area contributed by atoms with Crippen molar-refractivity contribution in [2.45, 2.75) is 26.3 Å². The molecule has 1 amide bonds. The minimum atomic E-state index is -0.186. The smallest absolute Gasteiger partial charge is 0.273 e. The Bertz CT molecular complexity index is 575. The lowest BCUT2D eigenvalue weighted by Crippen LogP contribution is -2.34. The number of furan rings is 1. The summed E-state index contributed by atoms with van der Waals surface area (Å²) in [6, 6.07) is 3.71. The highest BCUT2D eigenvalue weighted by atomic mass is 79.9. The summed E-state index contributed by atoms with van der Waals surface area (Å²) in [6.45, 7) is 3.84. The van der Waals surface area contributed by atoms with Crippen LogP contribution in [0.15, 0.2) is 27.3 Å². The molecule has 0 saturated carbocycles. The number of hydrogen-bond acceptors (Lipinski definition) is 3. The monoisotopic (exact) mass is 325 g/mol. The maximum Gasteiger partial charge on any atom is 0.273 e. The highest BCUT2D eigenvalue weighted by molar-refractivity contribution is 9.10. The quantitative estimate of drug-likeness (QED) is 0.939. The maximum atomic E-state index is 12.1. The molecule has 0 aliphatic carbocycles. The number of carbonyl (C=O) groups excluding carboxylic acids is 1. The van der Waals surface area contributed by atoms with E-state index >= 15 is 0 Å². The van der Waals surface area contributed by atoms with E-state index in [1.54, 1.807) is 10.9 Å². The molecule has 102 valence electrons. The molecule has 2 aromatic heterocycles. The third-order valence-corrected chi connectivity index (χ3v) is 3.89. The molecule has 0 aliphatic rings. The molecule has 0 bridgehead atoms. The van der Waals surface area contributed by atoms with E-state index in [0.717, 1.165) is 15.9 Å². The van der Waals surface area contributed by atoms with Crippen LogP contribution in [0.5, 0.6) is 0 Å². The number of nitrogens with zero attached hydrogens (tertiary/aromatic N) is 2. The standard InChI is InChI=1S/C13H16BrN3O2/c1-8(7-10-5-4-6-19-10)15-13(18)12-11(14)9(2)17(3)16-12/h4-6,8H,7H2,1-3H3,(H,15,18)/t8-/m0/s1. The highest BCUT2D eigenvalue weighted by Crippen LogP contribution is 2.20. The molecule has 2 rings (SSSR count). The minimum absolute atomic E-state index is 0.0205. The van der Waals surface area contributed by atoms with Gasteiger partial charge in [0.15, 0.2) is 5.69 Å². The zero-order valence-corrected chi connectivity index (χ0v) is 12.7. The second kappa shape index (κ2) is 5.61. The lowest BCUT2D eigenvalue weighted by molar-refractivity contribution is 0.0932. The SMILES string of the molecule is Cc1c(Br)c(C(=O)N[C@@H](C)Cc2ccco2)nn1C. The molecule has 1 atom stereocenters. The predicted octanol–water partition coefficient (Wildman–Crippen LogP) is 2.45. The summed E-state index contributed by atoms with van der Waals surface area (Å²) in [5.41, 5.74) is 1.33. The van der Waals surface area contributed by atoms with E-state index in [2.05, 4.69) is 26.3 Å². The molecule has 19 heavy (non-hydrogen) atoms. The average molecular weight is 326 g/mol. The summed E-state index contributed by atoms with van der Waals surface area (Å²) in [4.78, 5) is 12.1. The number of hydrogen-bond donors (Lipinski definition) is 1. The fourth-order valence-electron chi connectivity index (χ4n) is 1.80. The van der Waals surface area contributed by atoms with Gasteiger partial charge in [0, 0.05) is 19.5 Å². The third kappa shape index (κ3) is 3.07. The van der Waals surface area contributed by atoms with Crippen LogP contribution >= 0.6 is 15.9 Å². The van der Waals surface area contributed by atoms with Gasteiger partial charge in [0.05, 0.1) is 16.4 Å². The van der Waals surface area contributed by atoms with Gasteiger partial charge in [-0.25, -0.2) is 0 Å². The van der Waals surface area contributed by atoms with Crippen LogP contribution in [0.1, 0.15) is 28.9 Å². The van der Waals surface area contributed by atoms with Crippen LogP contribution in [-0.2, 0) is 13.5 Å². The van der Waals surface area contributed by atoms with Crippen LogP contribution in [-0.4, -0.2) is 21.7 Å². The van der Waals surface area contributed by atoms with Crippen molar-refractivity contribution in [2.24, 2.45) is 7.05 Å². The predicted molar refractivity (Wildman–Crippen MR) is 75.0 cm³/mol. The average Bonchev–Trinajstić information content (AvgIpc) is 2.93. The van der Waals surface area contributed by atoms with Crippen LogP contribution in [0.3, 0.4) is 0 Å². The van der Waals surface area contributed by atoms with Gasteiger partial charge in [-0.1, -0.05) is 0 Å². The normalized spacial score (nSPS) is 12.4. The number of amides is 1. The minimum Gasteiger partial charge on any atom is -0.469 e. The first-order chi connectivity index (χ1) is 8.99. The molecular formula is C13H16BrN3O2. The van der Waals surface area contributed by atoms with Gasteiger partial charge in [0.25, 0.3) is 5.91 Å². The first kappa shape index (κ1) is 13.9. The van der Waals surface area contributed by atoms with Crippen molar-refractivity contribution in [2.75, 3.05) is 0 Å². The molecule has 0 saturated heterocycles. The largest absolute Gasteiger partial charge is 0.469 e. The van der Waals surface area contributed by atoms with Gasteiger partial charge in [-0.15, -0.1) is 0 Å². The summed E-state index contributed by atoms with van der Waals surface area (Å²) in [5, 5.41) is 7.11. The number of halogens is 1.